The van der Waals surface area contributed by atoms with Gasteiger partial charge >= 0.3 is 0 Å². The predicted octanol–water partition coefficient (Wildman–Crippen LogP) is 2.55. The maximum absolute atomic E-state index is 13.5. The maximum atomic E-state index is 13.5. The van der Waals surface area contributed by atoms with E-state index in [0.29, 0.717) is 0 Å². The summed E-state index contributed by atoms with van der Waals surface area (Å²) in [5, 5.41) is 2.58. The first kappa shape index (κ1) is 9.24. The summed E-state index contributed by atoms with van der Waals surface area (Å²) in [5.41, 5.74) is 0.126. The highest BCUT2D eigenvalue weighted by molar-refractivity contribution is 5.50. The Hall–Kier alpha value is -1.32. The van der Waals surface area contributed by atoms with Crippen molar-refractivity contribution in [2.24, 2.45) is 0 Å². The minimum Gasteiger partial charge on any atom is -0.487 e. The SMILES string of the molecule is CNc1cc(F)cc(OC2CC2)c1F. The molecule has 0 aliphatic heterocycles. The van der Waals surface area contributed by atoms with Gasteiger partial charge < -0.3 is 10.1 Å². The van der Waals surface area contributed by atoms with Crippen molar-refractivity contribution < 1.29 is 13.5 Å². The maximum Gasteiger partial charge on any atom is 0.188 e. The Bertz CT molecular complexity index is 350. The van der Waals surface area contributed by atoms with Gasteiger partial charge in [-0.1, -0.05) is 0 Å². The van der Waals surface area contributed by atoms with Crippen molar-refractivity contribution in [3.8, 4) is 5.75 Å². The van der Waals surface area contributed by atoms with Crippen molar-refractivity contribution in [3.63, 3.8) is 0 Å². The van der Waals surface area contributed by atoms with E-state index in [1.165, 1.54) is 0 Å². The average molecular weight is 199 g/mol. The lowest BCUT2D eigenvalue weighted by molar-refractivity contribution is 0.286. The molecule has 0 heterocycles. The molecule has 0 saturated heterocycles. The van der Waals surface area contributed by atoms with E-state index in [1.807, 2.05) is 0 Å². The second-order valence-corrected chi connectivity index (χ2v) is 3.33. The third-order valence-electron chi connectivity index (χ3n) is 2.09. The van der Waals surface area contributed by atoms with Crippen LogP contribution in [0.4, 0.5) is 14.5 Å². The van der Waals surface area contributed by atoms with E-state index in [2.05, 4.69) is 5.32 Å². The van der Waals surface area contributed by atoms with Crippen LogP contribution in [0.3, 0.4) is 0 Å². The third kappa shape index (κ3) is 1.78. The van der Waals surface area contributed by atoms with Crippen LogP contribution < -0.4 is 10.1 Å². The summed E-state index contributed by atoms with van der Waals surface area (Å²) in [6.07, 6.45) is 1.91. The van der Waals surface area contributed by atoms with Crippen LogP contribution in [0.1, 0.15) is 12.8 Å². The van der Waals surface area contributed by atoms with Crippen LogP contribution in [0.2, 0.25) is 0 Å². The molecule has 2 rings (SSSR count). The number of rotatable bonds is 3. The Balaban J connectivity index is 2.31. The molecule has 1 N–H and O–H groups in total. The summed E-state index contributed by atoms with van der Waals surface area (Å²) in [6, 6.07) is 2.18. The number of benzene rings is 1. The van der Waals surface area contributed by atoms with Gasteiger partial charge in [-0.2, -0.15) is 0 Å². The number of nitrogens with one attached hydrogen (secondary N) is 1. The number of halogens is 2. The summed E-state index contributed by atoms with van der Waals surface area (Å²) in [4.78, 5) is 0. The molecular weight excluding hydrogens is 188 g/mol. The molecule has 0 aromatic heterocycles. The molecule has 1 fully saturated rings. The molecule has 0 spiro atoms. The van der Waals surface area contributed by atoms with Crippen LogP contribution in [0.15, 0.2) is 12.1 Å². The van der Waals surface area contributed by atoms with Gasteiger partial charge in [0.15, 0.2) is 11.6 Å². The molecule has 14 heavy (non-hydrogen) atoms. The van der Waals surface area contributed by atoms with Crippen molar-refractivity contribution in [3.05, 3.63) is 23.8 Å². The van der Waals surface area contributed by atoms with E-state index in [-0.39, 0.29) is 17.5 Å². The summed E-state index contributed by atoms with van der Waals surface area (Å²) in [6.45, 7) is 0. The highest BCUT2D eigenvalue weighted by Gasteiger charge is 2.25. The highest BCUT2D eigenvalue weighted by atomic mass is 19.1. The van der Waals surface area contributed by atoms with Crippen LogP contribution in [-0.2, 0) is 0 Å². The molecule has 76 valence electrons. The quantitative estimate of drug-likeness (QED) is 0.807. The first-order valence-electron chi connectivity index (χ1n) is 4.54. The van der Waals surface area contributed by atoms with E-state index in [0.717, 1.165) is 25.0 Å². The van der Waals surface area contributed by atoms with Gasteiger partial charge in [0.25, 0.3) is 0 Å². The van der Waals surface area contributed by atoms with Gasteiger partial charge in [0.2, 0.25) is 0 Å². The molecule has 1 saturated carbocycles. The Morgan fingerprint density at radius 1 is 1.36 bits per heavy atom. The minimum atomic E-state index is -0.527. The molecule has 0 bridgehead atoms. The summed E-state index contributed by atoms with van der Waals surface area (Å²) in [7, 11) is 1.54. The van der Waals surface area contributed by atoms with Crippen molar-refractivity contribution in [2.45, 2.75) is 18.9 Å². The van der Waals surface area contributed by atoms with Gasteiger partial charge in [-0.3, -0.25) is 0 Å². The molecule has 0 radical (unpaired) electrons. The largest absolute Gasteiger partial charge is 0.487 e. The van der Waals surface area contributed by atoms with E-state index >= 15 is 0 Å². The van der Waals surface area contributed by atoms with Gasteiger partial charge in [0, 0.05) is 19.2 Å². The highest BCUT2D eigenvalue weighted by Crippen LogP contribution is 2.32. The van der Waals surface area contributed by atoms with E-state index < -0.39 is 11.6 Å². The van der Waals surface area contributed by atoms with Gasteiger partial charge in [-0.15, -0.1) is 0 Å². The van der Waals surface area contributed by atoms with Gasteiger partial charge in [-0.25, -0.2) is 8.78 Å². The van der Waals surface area contributed by atoms with Crippen molar-refractivity contribution in [1.29, 1.82) is 0 Å². The zero-order chi connectivity index (χ0) is 10.1. The van der Waals surface area contributed by atoms with Crippen LogP contribution in [0.25, 0.3) is 0 Å². The Morgan fingerprint density at radius 2 is 2.07 bits per heavy atom. The number of anilines is 1. The lowest BCUT2D eigenvalue weighted by Gasteiger charge is -2.09. The number of hydrogen-bond donors (Lipinski definition) is 1. The van der Waals surface area contributed by atoms with Gasteiger partial charge in [0.05, 0.1) is 11.8 Å². The van der Waals surface area contributed by atoms with E-state index in [4.69, 9.17) is 4.74 Å². The first-order chi connectivity index (χ1) is 6.70. The van der Waals surface area contributed by atoms with E-state index in [1.54, 1.807) is 7.05 Å². The monoisotopic (exact) mass is 199 g/mol. The predicted molar refractivity (Wildman–Crippen MR) is 49.6 cm³/mol. The second-order valence-electron chi connectivity index (χ2n) is 3.33. The fourth-order valence-electron chi connectivity index (χ4n) is 1.20. The van der Waals surface area contributed by atoms with Crippen LogP contribution in [0, 0.1) is 11.6 Å². The number of ether oxygens (including phenoxy) is 1. The normalized spacial score (nSPS) is 15.4. The fraction of sp³-hybridized carbons (Fsp3) is 0.400. The van der Waals surface area contributed by atoms with E-state index in [9.17, 15) is 8.78 Å². The van der Waals surface area contributed by atoms with Gasteiger partial charge in [-0.05, 0) is 12.8 Å². The molecule has 0 unspecified atom stereocenters. The number of hydrogen-bond acceptors (Lipinski definition) is 2. The zero-order valence-electron chi connectivity index (χ0n) is 7.81. The molecule has 0 atom stereocenters. The van der Waals surface area contributed by atoms with Crippen LogP contribution in [0.5, 0.6) is 5.75 Å². The van der Waals surface area contributed by atoms with Crippen LogP contribution in [-0.4, -0.2) is 13.2 Å². The van der Waals surface area contributed by atoms with Crippen molar-refractivity contribution in [2.75, 3.05) is 12.4 Å². The summed E-state index contributed by atoms with van der Waals surface area (Å²) in [5.74, 6) is -1.02. The molecule has 0 amide bonds. The Kier molecular flexibility index (Phi) is 2.27. The molecule has 1 aromatic rings. The van der Waals surface area contributed by atoms with Crippen molar-refractivity contribution in [1.82, 2.24) is 0 Å². The first-order valence-corrected chi connectivity index (χ1v) is 4.54. The topological polar surface area (TPSA) is 21.3 Å². The summed E-state index contributed by atoms with van der Waals surface area (Å²) >= 11 is 0. The van der Waals surface area contributed by atoms with Crippen LogP contribution >= 0.6 is 0 Å². The fourth-order valence-corrected chi connectivity index (χ4v) is 1.20. The van der Waals surface area contributed by atoms with Crippen molar-refractivity contribution >= 4 is 5.69 Å². The minimum absolute atomic E-state index is 0.00292. The molecular formula is C10H11F2NO. The second kappa shape index (κ2) is 3.44. The summed E-state index contributed by atoms with van der Waals surface area (Å²) < 4.78 is 31.7. The smallest absolute Gasteiger partial charge is 0.188 e. The lowest BCUT2D eigenvalue weighted by atomic mass is 10.2. The zero-order valence-corrected chi connectivity index (χ0v) is 7.81. The Morgan fingerprint density at radius 3 is 2.64 bits per heavy atom. The molecule has 1 aliphatic rings. The Labute approximate surface area is 80.9 Å². The molecule has 1 aromatic carbocycles. The molecule has 2 nitrogen and oxygen atoms in total. The third-order valence-corrected chi connectivity index (χ3v) is 2.09. The average Bonchev–Trinajstić information content (AvgIpc) is 2.94. The molecule has 1 aliphatic carbocycles. The van der Waals surface area contributed by atoms with Gasteiger partial charge in [0.1, 0.15) is 5.82 Å². The molecule has 4 heteroatoms. The lowest BCUT2D eigenvalue weighted by Crippen LogP contribution is -2.02. The standard InChI is InChI=1S/C10H11F2NO/c1-13-8-4-6(11)5-9(10(8)12)14-7-2-3-7/h4-5,7,13H,2-3H2,1H3.